The molecule has 0 spiro atoms. The van der Waals surface area contributed by atoms with Crippen LogP contribution < -0.4 is 9.47 Å². The van der Waals surface area contributed by atoms with Crippen LogP contribution in [0.4, 0.5) is 4.39 Å². The van der Waals surface area contributed by atoms with E-state index in [1.54, 1.807) is 12.1 Å². The SMILES string of the molecule is Fc1cccc2c1OCC(CBr)O2. The van der Waals surface area contributed by atoms with E-state index in [1.165, 1.54) is 6.07 Å². The first kappa shape index (κ1) is 8.81. The normalized spacial score (nSPS) is 20.0. The van der Waals surface area contributed by atoms with E-state index in [9.17, 15) is 4.39 Å². The lowest BCUT2D eigenvalue weighted by atomic mass is 10.2. The highest BCUT2D eigenvalue weighted by molar-refractivity contribution is 9.09. The van der Waals surface area contributed by atoms with Crippen molar-refractivity contribution in [3.63, 3.8) is 0 Å². The summed E-state index contributed by atoms with van der Waals surface area (Å²) >= 11 is 3.28. The fourth-order valence-corrected chi connectivity index (χ4v) is 1.51. The standard InChI is InChI=1S/C9H8BrFO2/c10-4-6-5-12-9-7(11)2-1-3-8(9)13-6/h1-3,6H,4-5H2. The summed E-state index contributed by atoms with van der Waals surface area (Å²) in [4.78, 5) is 0. The molecule has 1 heterocycles. The minimum atomic E-state index is -0.370. The van der Waals surface area contributed by atoms with Gasteiger partial charge in [0.1, 0.15) is 12.7 Å². The maximum absolute atomic E-state index is 13.1. The van der Waals surface area contributed by atoms with Crippen molar-refractivity contribution in [2.75, 3.05) is 11.9 Å². The largest absolute Gasteiger partial charge is 0.483 e. The number of alkyl halides is 1. The molecule has 1 unspecified atom stereocenters. The molecule has 0 N–H and O–H groups in total. The molecule has 1 aromatic carbocycles. The van der Waals surface area contributed by atoms with Crippen LogP contribution in [0.2, 0.25) is 0 Å². The van der Waals surface area contributed by atoms with Crippen molar-refractivity contribution < 1.29 is 13.9 Å². The average Bonchev–Trinajstić information content (AvgIpc) is 2.18. The van der Waals surface area contributed by atoms with Crippen molar-refractivity contribution in [2.24, 2.45) is 0 Å². The lowest BCUT2D eigenvalue weighted by Gasteiger charge is -2.25. The van der Waals surface area contributed by atoms with Gasteiger partial charge in [-0.15, -0.1) is 0 Å². The van der Waals surface area contributed by atoms with Gasteiger partial charge in [0.25, 0.3) is 0 Å². The van der Waals surface area contributed by atoms with Crippen LogP contribution in [-0.2, 0) is 0 Å². The fraction of sp³-hybridized carbons (Fsp3) is 0.333. The van der Waals surface area contributed by atoms with E-state index in [4.69, 9.17) is 9.47 Å². The quantitative estimate of drug-likeness (QED) is 0.709. The van der Waals surface area contributed by atoms with Crippen molar-refractivity contribution in [3.05, 3.63) is 24.0 Å². The molecule has 1 aliphatic heterocycles. The fourth-order valence-electron chi connectivity index (χ4n) is 1.19. The number of halogens is 2. The van der Waals surface area contributed by atoms with Crippen molar-refractivity contribution in [1.82, 2.24) is 0 Å². The van der Waals surface area contributed by atoms with Gasteiger partial charge in [0, 0.05) is 5.33 Å². The average molecular weight is 247 g/mol. The van der Waals surface area contributed by atoms with Gasteiger partial charge in [-0.25, -0.2) is 4.39 Å². The zero-order valence-corrected chi connectivity index (χ0v) is 8.38. The van der Waals surface area contributed by atoms with Crippen LogP contribution >= 0.6 is 15.9 Å². The van der Waals surface area contributed by atoms with E-state index in [2.05, 4.69) is 15.9 Å². The number of hydrogen-bond acceptors (Lipinski definition) is 2. The molecule has 0 saturated heterocycles. The summed E-state index contributed by atoms with van der Waals surface area (Å²) in [6, 6.07) is 4.66. The molecule has 0 saturated carbocycles. The van der Waals surface area contributed by atoms with Gasteiger partial charge >= 0.3 is 0 Å². The summed E-state index contributed by atoms with van der Waals surface area (Å²) < 4.78 is 23.8. The van der Waals surface area contributed by atoms with Crippen LogP contribution in [0.3, 0.4) is 0 Å². The Hall–Kier alpha value is -0.770. The number of para-hydroxylation sites is 1. The third-order valence-corrected chi connectivity index (χ3v) is 2.53. The van der Waals surface area contributed by atoms with Crippen molar-refractivity contribution in [3.8, 4) is 11.5 Å². The zero-order chi connectivity index (χ0) is 9.26. The monoisotopic (exact) mass is 246 g/mol. The second-order valence-electron chi connectivity index (χ2n) is 2.77. The second-order valence-corrected chi connectivity index (χ2v) is 3.42. The minimum Gasteiger partial charge on any atom is -0.483 e. The van der Waals surface area contributed by atoms with E-state index >= 15 is 0 Å². The first-order chi connectivity index (χ1) is 6.31. The molecule has 0 bridgehead atoms. The van der Waals surface area contributed by atoms with Crippen LogP contribution in [-0.4, -0.2) is 18.0 Å². The van der Waals surface area contributed by atoms with Crippen LogP contribution in [0.5, 0.6) is 11.5 Å². The highest BCUT2D eigenvalue weighted by atomic mass is 79.9. The molecular weight excluding hydrogens is 239 g/mol. The molecule has 0 aromatic heterocycles. The summed E-state index contributed by atoms with van der Waals surface area (Å²) in [7, 11) is 0. The molecule has 1 aromatic rings. The van der Waals surface area contributed by atoms with Gasteiger partial charge in [0.2, 0.25) is 0 Å². The summed E-state index contributed by atoms with van der Waals surface area (Å²) in [6.07, 6.45) is -0.0331. The number of hydrogen-bond donors (Lipinski definition) is 0. The first-order valence-corrected chi connectivity index (χ1v) is 5.07. The predicted molar refractivity (Wildman–Crippen MR) is 50.1 cm³/mol. The van der Waals surface area contributed by atoms with Crippen molar-refractivity contribution >= 4 is 15.9 Å². The molecule has 13 heavy (non-hydrogen) atoms. The van der Waals surface area contributed by atoms with Gasteiger partial charge < -0.3 is 9.47 Å². The number of ether oxygens (including phenoxy) is 2. The maximum Gasteiger partial charge on any atom is 0.197 e. The third-order valence-electron chi connectivity index (χ3n) is 1.81. The van der Waals surface area contributed by atoms with E-state index in [0.29, 0.717) is 17.7 Å². The van der Waals surface area contributed by atoms with E-state index in [1.807, 2.05) is 0 Å². The second kappa shape index (κ2) is 3.54. The molecule has 2 nitrogen and oxygen atoms in total. The number of benzene rings is 1. The molecule has 0 radical (unpaired) electrons. The maximum atomic E-state index is 13.1. The predicted octanol–water partition coefficient (Wildman–Crippen LogP) is 2.36. The van der Waals surface area contributed by atoms with Crippen LogP contribution in [0.1, 0.15) is 0 Å². The molecule has 0 amide bonds. The highest BCUT2D eigenvalue weighted by Crippen LogP contribution is 2.34. The molecule has 1 aliphatic rings. The van der Waals surface area contributed by atoms with Gasteiger partial charge in [-0.05, 0) is 12.1 Å². The van der Waals surface area contributed by atoms with Gasteiger partial charge in [-0.2, -0.15) is 0 Å². The Morgan fingerprint density at radius 1 is 1.54 bits per heavy atom. The van der Waals surface area contributed by atoms with Crippen molar-refractivity contribution in [1.29, 1.82) is 0 Å². The smallest absolute Gasteiger partial charge is 0.197 e. The molecule has 4 heteroatoms. The Labute approximate surface area is 83.8 Å². The number of rotatable bonds is 1. The number of fused-ring (bicyclic) bond motifs is 1. The van der Waals surface area contributed by atoms with Gasteiger partial charge in [0.05, 0.1) is 0 Å². The van der Waals surface area contributed by atoms with Gasteiger partial charge in [0.15, 0.2) is 17.3 Å². The first-order valence-electron chi connectivity index (χ1n) is 3.95. The molecular formula is C9H8BrFO2. The Morgan fingerprint density at radius 2 is 2.38 bits per heavy atom. The van der Waals surface area contributed by atoms with E-state index in [-0.39, 0.29) is 17.7 Å². The van der Waals surface area contributed by atoms with E-state index < -0.39 is 0 Å². The van der Waals surface area contributed by atoms with Crippen LogP contribution in [0.15, 0.2) is 18.2 Å². The molecule has 0 aliphatic carbocycles. The minimum absolute atomic E-state index is 0.0331. The highest BCUT2D eigenvalue weighted by Gasteiger charge is 2.22. The lowest BCUT2D eigenvalue weighted by Crippen LogP contribution is -2.30. The molecule has 70 valence electrons. The van der Waals surface area contributed by atoms with Crippen LogP contribution in [0.25, 0.3) is 0 Å². The Balaban J connectivity index is 2.31. The molecule has 2 rings (SSSR count). The molecule has 1 atom stereocenters. The van der Waals surface area contributed by atoms with Crippen LogP contribution in [0, 0.1) is 5.82 Å². The Morgan fingerprint density at radius 3 is 3.15 bits per heavy atom. The zero-order valence-electron chi connectivity index (χ0n) is 6.80. The summed E-state index contributed by atoms with van der Waals surface area (Å²) in [5, 5.41) is 0.683. The van der Waals surface area contributed by atoms with Crippen molar-refractivity contribution in [2.45, 2.75) is 6.10 Å². The van der Waals surface area contributed by atoms with E-state index in [0.717, 1.165) is 0 Å². The third kappa shape index (κ3) is 1.63. The topological polar surface area (TPSA) is 18.5 Å². The molecule has 0 fully saturated rings. The lowest BCUT2D eigenvalue weighted by molar-refractivity contribution is 0.103. The summed E-state index contributed by atoms with van der Waals surface area (Å²) in [5.74, 6) is 0.334. The van der Waals surface area contributed by atoms with Gasteiger partial charge in [-0.1, -0.05) is 22.0 Å². The summed E-state index contributed by atoms with van der Waals surface area (Å²) in [6.45, 7) is 0.388. The Bertz CT molecular complexity index is 316. The summed E-state index contributed by atoms with van der Waals surface area (Å²) in [5.41, 5.74) is 0. The van der Waals surface area contributed by atoms with Gasteiger partial charge in [-0.3, -0.25) is 0 Å². The Kier molecular flexibility index (Phi) is 2.40.